The molecule has 0 unspecified atom stereocenters. The summed E-state index contributed by atoms with van der Waals surface area (Å²) in [6.45, 7) is 10.9. The van der Waals surface area contributed by atoms with Crippen LogP contribution in [-0.2, 0) is 22.4 Å². The number of methoxy groups -OCH3 is 1. The predicted molar refractivity (Wildman–Crippen MR) is 178 cm³/mol. The number of hydrogen-bond acceptors (Lipinski definition) is 6. The number of nitrogens with one attached hydrogen (secondary N) is 2. The fraction of sp³-hybridized carbons (Fsp3) is 0.444. The molecule has 0 bridgehead atoms. The summed E-state index contributed by atoms with van der Waals surface area (Å²) >= 11 is 0. The molecule has 46 heavy (non-hydrogen) atoms. The molecular formula is C36H48N4O6. The summed E-state index contributed by atoms with van der Waals surface area (Å²) in [5.74, 6) is -0.439. The van der Waals surface area contributed by atoms with Crippen LogP contribution in [0.4, 0.5) is 9.59 Å². The Morgan fingerprint density at radius 3 is 1.98 bits per heavy atom. The van der Waals surface area contributed by atoms with Crippen LogP contribution in [0.25, 0.3) is 11.3 Å². The van der Waals surface area contributed by atoms with E-state index in [-0.39, 0.29) is 12.8 Å². The van der Waals surface area contributed by atoms with Crippen LogP contribution in [0, 0.1) is 5.41 Å². The second kappa shape index (κ2) is 15.7. The largest absolute Gasteiger partial charge is 0.465 e. The Bertz CT molecular complexity index is 1420. The molecule has 4 atom stereocenters. The number of carboxylic acid groups (broad SMARTS) is 1. The van der Waals surface area contributed by atoms with Crippen LogP contribution >= 0.6 is 0 Å². The Morgan fingerprint density at radius 2 is 1.46 bits per heavy atom. The van der Waals surface area contributed by atoms with E-state index in [2.05, 4.69) is 15.6 Å². The smallest absolute Gasteiger partial charge is 0.408 e. The van der Waals surface area contributed by atoms with Crippen LogP contribution in [0.1, 0.15) is 59.1 Å². The molecule has 3 amide bonds. The molecule has 0 radical (unpaired) electrons. The molecule has 1 aromatic heterocycles. The third-order valence-corrected chi connectivity index (χ3v) is 7.84. The number of aliphatic hydroxyl groups is 1. The summed E-state index contributed by atoms with van der Waals surface area (Å²) in [7, 11) is 1.23. The van der Waals surface area contributed by atoms with Gasteiger partial charge in [0.2, 0.25) is 5.91 Å². The lowest BCUT2D eigenvalue weighted by Crippen LogP contribution is -2.59. The van der Waals surface area contributed by atoms with Crippen LogP contribution in [0.3, 0.4) is 0 Å². The monoisotopic (exact) mass is 632 g/mol. The van der Waals surface area contributed by atoms with Crippen molar-refractivity contribution in [2.45, 2.75) is 90.6 Å². The number of aliphatic hydroxyl groups excluding tert-OH is 1. The van der Waals surface area contributed by atoms with Gasteiger partial charge in [-0.05, 0) is 68.7 Å². The summed E-state index contributed by atoms with van der Waals surface area (Å²) < 4.78 is 4.77. The minimum atomic E-state index is -1.15. The van der Waals surface area contributed by atoms with Crippen LogP contribution in [0.15, 0.2) is 79.0 Å². The third-order valence-electron chi connectivity index (χ3n) is 7.84. The molecule has 3 rings (SSSR count). The Hall–Kier alpha value is -4.44. The summed E-state index contributed by atoms with van der Waals surface area (Å²) in [6.07, 6.45) is -0.611. The SMILES string of the molecule is COC(=O)N[C@H](C(=O)N[C@@H](Cc1ccc(-c2ccccn2)cc1)C[C@H](O)[C@H](Cc1ccccc1)N(C(=O)O)C(C)(C)C)C(C)(C)C. The normalized spacial score (nSPS) is 14.3. The molecule has 0 saturated heterocycles. The number of aromatic nitrogens is 1. The maximum Gasteiger partial charge on any atom is 0.408 e. The first-order valence-corrected chi connectivity index (χ1v) is 15.5. The van der Waals surface area contributed by atoms with Gasteiger partial charge in [-0.3, -0.25) is 14.7 Å². The van der Waals surface area contributed by atoms with E-state index < -0.39 is 53.3 Å². The van der Waals surface area contributed by atoms with Gasteiger partial charge >= 0.3 is 12.2 Å². The summed E-state index contributed by atoms with van der Waals surface area (Å²) in [4.78, 5) is 44.2. The van der Waals surface area contributed by atoms with Gasteiger partial charge < -0.3 is 25.6 Å². The number of rotatable bonds is 12. The number of benzene rings is 2. The first-order valence-electron chi connectivity index (χ1n) is 15.5. The second-order valence-corrected chi connectivity index (χ2v) is 13.6. The molecule has 10 heteroatoms. The van der Waals surface area contributed by atoms with Crippen LogP contribution < -0.4 is 10.6 Å². The van der Waals surface area contributed by atoms with Crippen LogP contribution in [0.5, 0.6) is 0 Å². The number of nitrogens with zero attached hydrogens (tertiary/aromatic N) is 2. The lowest BCUT2D eigenvalue weighted by atomic mass is 9.85. The highest BCUT2D eigenvalue weighted by Gasteiger charge is 2.39. The summed E-state index contributed by atoms with van der Waals surface area (Å²) in [5, 5.41) is 27.8. The van der Waals surface area contributed by atoms with Gasteiger partial charge in [0, 0.05) is 23.3 Å². The molecule has 0 spiro atoms. The van der Waals surface area contributed by atoms with Crippen molar-refractivity contribution in [3.63, 3.8) is 0 Å². The third kappa shape index (κ3) is 10.3. The minimum absolute atomic E-state index is 0.0557. The fourth-order valence-electron chi connectivity index (χ4n) is 5.59. The van der Waals surface area contributed by atoms with Gasteiger partial charge in [-0.2, -0.15) is 0 Å². The van der Waals surface area contributed by atoms with E-state index in [9.17, 15) is 24.6 Å². The average molecular weight is 633 g/mol. The second-order valence-electron chi connectivity index (χ2n) is 13.6. The molecule has 0 aliphatic rings. The maximum atomic E-state index is 13.7. The molecule has 0 aliphatic heterocycles. The molecule has 248 valence electrons. The maximum absolute atomic E-state index is 13.7. The van der Waals surface area contributed by atoms with Crippen molar-refractivity contribution in [3.8, 4) is 11.3 Å². The van der Waals surface area contributed by atoms with Crippen molar-refractivity contribution in [1.82, 2.24) is 20.5 Å². The molecule has 3 aromatic rings. The highest BCUT2D eigenvalue weighted by atomic mass is 16.5. The number of alkyl carbamates (subject to hydrolysis) is 1. The first kappa shape index (κ1) is 36.0. The van der Waals surface area contributed by atoms with E-state index in [0.717, 1.165) is 22.4 Å². The standard InChI is InChI=1S/C36H48N4O6/c1-35(2,3)31(39-33(43)46-7)32(42)38-27(21-25-16-18-26(19-17-25)28-15-11-12-20-37-28)23-30(41)29(22-24-13-9-8-10-14-24)40(34(44)45)36(4,5)6/h8-20,27,29-31,41H,21-23H2,1-7H3,(H,38,42)(H,39,43)(H,44,45)/t27-,29-,30-,31+/m0/s1. The highest BCUT2D eigenvalue weighted by Crippen LogP contribution is 2.26. The number of carbonyl (C=O) groups is 3. The minimum Gasteiger partial charge on any atom is -0.465 e. The Kier molecular flexibility index (Phi) is 12.3. The van der Waals surface area contributed by atoms with Crippen LogP contribution in [0.2, 0.25) is 0 Å². The van der Waals surface area contributed by atoms with Crippen molar-refractivity contribution in [2.75, 3.05) is 7.11 Å². The molecule has 2 aromatic carbocycles. The number of ether oxygens (including phenoxy) is 1. The molecule has 10 nitrogen and oxygen atoms in total. The van der Waals surface area contributed by atoms with E-state index in [1.54, 1.807) is 27.0 Å². The van der Waals surface area contributed by atoms with Gasteiger partial charge in [-0.15, -0.1) is 0 Å². The molecular weight excluding hydrogens is 584 g/mol. The number of carbonyl (C=O) groups excluding carboxylic acids is 2. The van der Waals surface area contributed by atoms with E-state index in [1.165, 1.54) is 12.0 Å². The number of amides is 3. The van der Waals surface area contributed by atoms with E-state index in [0.29, 0.717) is 6.42 Å². The zero-order valence-corrected chi connectivity index (χ0v) is 27.9. The quantitative estimate of drug-likeness (QED) is 0.201. The van der Waals surface area contributed by atoms with Gasteiger partial charge in [-0.1, -0.05) is 81.4 Å². The number of pyridine rings is 1. The Morgan fingerprint density at radius 1 is 0.848 bits per heavy atom. The molecule has 4 N–H and O–H groups in total. The van der Waals surface area contributed by atoms with Crippen molar-refractivity contribution >= 4 is 18.1 Å². The van der Waals surface area contributed by atoms with E-state index >= 15 is 0 Å². The zero-order chi connectivity index (χ0) is 34.1. The Labute approximate surface area is 272 Å². The lowest BCUT2D eigenvalue weighted by molar-refractivity contribution is -0.126. The predicted octanol–water partition coefficient (Wildman–Crippen LogP) is 5.69. The van der Waals surface area contributed by atoms with Crippen molar-refractivity contribution < 1.29 is 29.3 Å². The van der Waals surface area contributed by atoms with Gasteiger partial charge in [-0.25, -0.2) is 9.59 Å². The van der Waals surface area contributed by atoms with Crippen LogP contribution in [-0.4, -0.2) is 75.1 Å². The van der Waals surface area contributed by atoms with E-state index in [4.69, 9.17) is 4.74 Å². The zero-order valence-electron chi connectivity index (χ0n) is 27.9. The number of hydrogen-bond donors (Lipinski definition) is 4. The molecule has 0 saturated carbocycles. The van der Waals surface area contributed by atoms with E-state index in [1.807, 2.05) is 93.6 Å². The molecule has 0 fully saturated rings. The van der Waals surface area contributed by atoms with Crippen molar-refractivity contribution in [1.29, 1.82) is 0 Å². The van der Waals surface area contributed by atoms with Gasteiger partial charge in [0.25, 0.3) is 0 Å². The van der Waals surface area contributed by atoms with Crippen molar-refractivity contribution in [3.05, 3.63) is 90.1 Å². The first-order chi connectivity index (χ1) is 21.6. The van der Waals surface area contributed by atoms with Gasteiger partial charge in [0.05, 0.1) is 24.9 Å². The fourth-order valence-corrected chi connectivity index (χ4v) is 5.59. The summed E-state index contributed by atoms with van der Waals surface area (Å²) in [6, 6.07) is 20.6. The molecule has 1 heterocycles. The van der Waals surface area contributed by atoms with Gasteiger partial charge in [0.15, 0.2) is 0 Å². The highest BCUT2D eigenvalue weighted by molar-refractivity contribution is 5.86. The average Bonchev–Trinajstić information content (AvgIpc) is 2.99. The summed E-state index contributed by atoms with van der Waals surface area (Å²) in [5.41, 5.74) is 2.07. The van der Waals surface area contributed by atoms with Gasteiger partial charge in [0.1, 0.15) is 6.04 Å². The Balaban J connectivity index is 1.97. The topological polar surface area (TPSA) is 141 Å². The molecule has 0 aliphatic carbocycles. The lowest BCUT2D eigenvalue weighted by Gasteiger charge is -2.42. The van der Waals surface area contributed by atoms with Crippen molar-refractivity contribution in [2.24, 2.45) is 5.41 Å².